The SMILES string of the molecule is Cc1ccc2c(c1)sc1cccnc12.Cc1ccc2sc3ccccc3c2n1.Cc1ccc2sc3cccnc3c2c1.Cc1cccc2c1sc1cccnc12.Cc1cccc2sc3cccnc3c12.Cc1ccnc2c1sc1ccccc12.Cc1cnc2c(c1)sc1ccccc12. The van der Waals surface area contributed by atoms with Crippen molar-refractivity contribution < 1.29 is 0 Å². The van der Waals surface area contributed by atoms with Crippen LogP contribution in [0.2, 0.25) is 0 Å². The summed E-state index contributed by atoms with van der Waals surface area (Å²) in [6.45, 7) is 14.8. The van der Waals surface area contributed by atoms with E-state index in [0.717, 1.165) is 44.3 Å². The average Bonchev–Trinajstić information content (AvgIpc) is 1.62. The van der Waals surface area contributed by atoms with E-state index in [1.807, 2.05) is 148 Å². The Morgan fingerprint density at radius 3 is 1.35 bits per heavy atom. The highest BCUT2D eigenvalue weighted by Crippen LogP contribution is 2.39. The standard InChI is InChI=1S/7C12H9NS/c1-8-4-2-5-9-11-10(14-12(8)9)6-3-7-13-11;1-8-4-2-5-9-11(8)12-10(14-9)6-3-7-13-12;1-8-4-5-10-9(7-8)12-11(14-10)3-2-6-13-12;1-8-4-5-9-11(7-8)14-10-3-2-6-13-12(9)10;1-8-6-11-12(13-7-8)9-4-2-3-5-10(9)14-11;1-8-6-7-13-11-9-4-2-3-5-10(9)14-12(8)11;1-8-6-7-11-12(13-8)9-4-2-3-5-10(9)14-11/h7*2-7H,1H3. The number of hydrogen-bond acceptors (Lipinski definition) is 14. The molecule has 14 heteroatoms. The van der Waals surface area contributed by atoms with Gasteiger partial charge in [-0.3, -0.25) is 34.9 Å². The Bertz CT molecular complexity index is 6080. The number of thiophene rings is 7. The zero-order chi connectivity index (χ0) is 66.8. The highest BCUT2D eigenvalue weighted by atomic mass is 32.1. The predicted molar refractivity (Wildman–Crippen MR) is 433 cm³/mol. The summed E-state index contributed by atoms with van der Waals surface area (Å²) in [4.78, 5) is 31.2. The van der Waals surface area contributed by atoms with Crippen molar-refractivity contribution in [2.45, 2.75) is 48.5 Å². The molecule has 21 rings (SSSR count). The fourth-order valence-electron chi connectivity index (χ4n) is 12.1. The molecule has 476 valence electrons. The Morgan fingerprint density at radius 1 is 0.224 bits per heavy atom. The highest BCUT2D eigenvalue weighted by Gasteiger charge is 2.12. The van der Waals surface area contributed by atoms with E-state index < -0.39 is 0 Å². The van der Waals surface area contributed by atoms with Crippen LogP contribution in [0.15, 0.2) is 256 Å². The molecule has 21 aromatic rings. The van der Waals surface area contributed by atoms with Gasteiger partial charge in [-0.15, -0.1) is 79.4 Å². The first-order valence-corrected chi connectivity index (χ1v) is 37.8. The number of benzene rings is 7. The van der Waals surface area contributed by atoms with E-state index in [1.54, 1.807) is 0 Å². The molecule has 0 bridgehead atoms. The third-order valence-corrected chi connectivity index (χ3v) is 25.0. The first-order chi connectivity index (χ1) is 48.0. The van der Waals surface area contributed by atoms with Crippen LogP contribution in [0.5, 0.6) is 0 Å². The largest absolute Gasteiger partial charge is 0.255 e. The van der Waals surface area contributed by atoms with Crippen LogP contribution < -0.4 is 0 Å². The van der Waals surface area contributed by atoms with E-state index in [1.165, 1.54) is 137 Å². The van der Waals surface area contributed by atoms with Gasteiger partial charge in [-0.1, -0.05) is 109 Å². The molecule has 0 amide bonds. The summed E-state index contributed by atoms with van der Waals surface area (Å²) in [5, 5.41) is 8.97. The zero-order valence-electron chi connectivity index (χ0n) is 54.7. The molecule has 0 fully saturated rings. The van der Waals surface area contributed by atoms with Gasteiger partial charge in [0.2, 0.25) is 0 Å². The van der Waals surface area contributed by atoms with Crippen LogP contribution >= 0.6 is 79.4 Å². The summed E-state index contributed by atoms with van der Waals surface area (Å²) in [5.41, 5.74) is 16.9. The summed E-state index contributed by atoms with van der Waals surface area (Å²) in [5.74, 6) is 0. The number of pyridine rings is 7. The Balaban J connectivity index is 0.0000000933. The molecular weight excluding hydrogens is 1330 g/mol. The Morgan fingerprint density at radius 2 is 0.643 bits per heavy atom. The van der Waals surface area contributed by atoms with E-state index in [9.17, 15) is 0 Å². The van der Waals surface area contributed by atoms with Crippen LogP contribution in [0, 0.1) is 48.5 Å². The fourth-order valence-corrected chi connectivity index (χ4v) is 19.9. The Labute approximate surface area is 594 Å². The van der Waals surface area contributed by atoms with Gasteiger partial charge < -0.3 is 0 Å². The molecule has 0 atom stereocenters. The predicted octanol–water partition coefficient (Wildman–Crippen LogP) is 26.3. The van der Waals surface area contributed by atoms with Crippen LogP contribution in [0.1, 0.15) is 39.1 Å². The van der Waals surface area contributed by atoms with Crippen LogP contribution in [-0.4, -0.2) is 34.9 Å². The molecule has 98 heavy (non-hydrogen) atoms. The van der Waals surface area contributed by atoms with Crippen LogP contribution in [0.4, 0.5) is 0 Å². The van der Waals surface area contributed by atoms with Gasteiger partial charge in [0.15, 0.2) is 0 Å². The molecule has 0 aliphatic rings. The second-order valence-corrected chi connectivity index (χ2v) is 31.5. The minimum Gasteiger partial charge on any atom is -0.255 e. The van der Waals surface area contributed by atoms with E-state index in [4.69, 9.17) is 0 Å². The van der Waals surface area contributed by atoms with Crippen molar-refractivity contribution in [1.82, 2.24) is 34.9 Å². The van der Waals surface area contributed by atoms with Crippen molar-refractivity contribution in [3.05, 3.63) is 295 Å². The van der Waals surface area contributed by atoms with Gasteiger partial charge in [0.1, 0.15) is 0 Å². The second kappa shape index (κ2) is 28.3. The van der Waals surface area contributed by atoms with Crippen molar-refractivity contribution in [2.75, 3.05) is 0 Å². The van der Waals surface area contributed by atoms with Gasteiger partial charge in [-0.25, -0.2) is 0 Å². The quantitative estimate of drug-likeness (QED) is 0.149. The lowest BCUT2D eigenvalue weighted by Gasteiger charge is -1.94. The first kappa shape index (κ1) is 64.1. The normalized spacial score (nSPS) is 11.2. The second-order valence-electron chi connectivity index (χ2n) is 24.0. The van der Waals surface area contributed by atoms with Gasteiger partial charge in [-0.2, -0.15) is 0 Å². The van der Waals surface area contributed by atoms with Crippen LogP contribution in [0.25, 0.3) is 142 Å². The van der Waals surface area contributed by atoms with Crippen LogP contribution in [-0.2, 0) is 0 Å². The van der Waals surface area contributed by atoms with Gasteiger partial charge in [0.25, 0.3) is 0 Å². The summed E-state index contributed by atoms with van der Waals surface area (Å²) in [6.07, 6.45) is 11.3. The maximum Gasteiger partial charge on any atom is 0.0891 e. The summed E-state index contributed by atoms with van der Waals surface area (Å²) in [6, 6.07) is 76.1. The van der Waals surface area contributed by atoms with E-state index in [-0.39, 0.29) is 0 Å². The van der Waals surface area contributed by atoms with E-state index in [2.05, 4.69) is 271 Å². The lowest BCUT2D eigenvalue weighted by Crippen LogP contribution is -1.78. The minimum absolute atomic E-state index is 1.08. The average molecular weight is 1390 g/mol. The lowest BCUT2D eigenvalue weighted by atomic mass is 10.1. The van der Waals surface area contributed by atoms with Crippen molar-refractivity contribution in [1.29, 1.82) is 0 Å². The Hall–Kier alpha value is -9.87. The van der Waals surface area contributed by atoms with E-state index >= 15 is 0 Å². The molecule has 0 aliphatic heterocycles. The number of fused-ring (bicyclic) bond motifs is 21. The monoisotopic (exact) mass is 1390 g/mol. The number of hydrogen-bond donors (Lipinski definition) is 0. The van der Waals surface area contributed by atoms with Gasteiger partial charge in [-0.05, 0) is 192 Å². The van der Waals surface area contributed by atoms with Crippen molar-refractivity contribution in [2.24, 2.45) is 0 Å². The highest BCUT2D eigenvalue weighted by molar-refractivity contribution is 7.28. The van der Waals surface area contributed by atoms with Gasteiger partial charge in [0.05, 0.1) is 71.5 Å². The number of aryl methyl sites for hydroxylation is 7. The number of aromatic nitrogens is 7. The molecule has 0 aliphatic carbocycles. The molecule has 0 radical (unpaired) electrons. The molecule has 0 spiro atoms. The molecular formula is C84H63N7S7. The molecule has 0 N–H and O–H groups in total. The van der Waals surface area contributed by atoms with Crippen molar-refractivity contribution >= 4 is 221 Å². The smallest absolute Gasteiger partial charge is 0.0891 e. The molecule has 14 heterocycles. The fraction of sp³-hybridized carbons (Fsp3) is 0.0833. The maximum atomic E-state index is 4.57. The Kier molecular flexibility index (Phi) is 18.5. The molecule has 0 unspecified atom stereocenters. The number of rotatable bonds is 0. The summed E-state index contributed by atoms with van der Waals surface area (Å²) >= 11 is 12.7. The van der Waals surface area contributed by atoms with Gasteiger partial charge >= 0.3 is 0 Å². The van der Waals surface area contributed by atoms with Crippen LogP contribution in [0.3, 0.4) is 0 Å². The molecule has 0 saturated heterocycles. The number of nitrogens with zero attached hydrogens (tertiary/aromatic N) is 7. The van der Waals surface area contributed by atoms with E-state index in [0.29, 0.717) is 0 Å². The summed E-state index contributed by atoms with van der Waals surface area (Å²) < 4.78 is 18.3. The molecule has 14 aromatic heterocycles. The zero-order valence-corrected chi connectivity index (χ0v) is 60.5. The third kappa shape index (κ3) is 13.2. The van der Waals surface area contributed by atoms with Gasteiger partial charge in [0, 0.05) is 113 Å². The van der Waals surface area contributed by atoms with Crippen molar-refractivity contribution in [3.8, 4) is 0 Å². The summed E-state index contributed by atoms with van der Waals surface area (Å²) in [7, 11) is 0. The van der Waals surface area contributed by atoms with Crippen molar-refractivity contribution in [3.63, 3.8) is 0 Å². The maximum absolute atomic E-state index is 4.57. The molecule has 7 nitrogen and oxygen atoms in total. The topological polar surface area (TPSA) is 90.2 Å². The molecule has 7 aromatic carbocycles. The molecule has 0 saturated carbocycles. The minimum atomic E-state index is 1.08. The lowest BCUT2D eigenvalue weighted by molar-refractivity contribution is 1.27. The first-order valence-electron chi connectivity index (χ1n) is 32.1. The third-order valence-electron chi connectivity index (χ3n) is 16.8.